The van der Waals surface area contributed by atoms with E-state index >= 15 is 0 Å². The van der Waals surface area contributed by atoms with Gasteiger partial charge in [0.05, 0.1) is 11.2 Å². The lowest BCUT2D eigenvalue weighted by Crippen LogP contribution is -2.41. The molecule has 1 aromatic rings. The Labute approximate surface area is 141 Å². The molecular formula is C14H17BBrF3O2S. The third kappa shape index (κ3) is 3.83. The minimum absolute atomic E-state index is 0.121. The first-order chi connectivity index (χ1) is 9.95. The van der Waals surface area contributed by atoms with E-state index in [1.807, 2.05) is 27.7 Å². The Morgan fingerprint density at radius 2 is 1.68 bits per heavy atom. The van der Waals surface area contributed by atoms with Gasteiger partial charge >= 0.3 is 12.6 Å². The molecule has 2 rings (SSSR count). The first-order valence-corrected chi connectivity index (χ1v) is 8.69. The van der Waals surface area contributed by atoms with E-state index in [4.69, 9.17) is 9.31 Å². The Bertz CT molecular complexity index is 548. The molecule has 1 saturated heterocycles. The zero-order chi connectivity index (χ0) is 16.8. The van der Waals surface area contributed by atoms with Crippen LogP contribution >= 0.6 is 27.7 Å². The standard InChI is InChI=1S/C14H17BBrF3O2S/c1-12(2)13(3,4)21-15(20-12)11-6-5-10(7-9(11)8-16)22-14(17,18)19/h5-7H,8H2,1-4H3. The Morgan fingerprint density at radius 3 is 2.14 bits per heavy atom. The normalized spacial score (nSPS) is 20.5. The van der Waals surface area contributed by atoms with Crippen molar-refractivity contribution in [3.05, 3.63) is 23.8 Å². The molecule has 1 heterocycles. The molecule has 0 atom stereocenters. The third-order valence-corrected chi connectivity index (χ3v) is 5.32. The zero-order valence-electron chi connectivity index (χ0n) is 12.8. The molecule has 1 aromatic carbocycles. The molecule has 0 N–H and O–H groups in total. The smallest absolute Gasteiger partial charge is 0.399 e. The molecule has 8 heteroatoms. The molecule has 22 heavy (non-hydrogen) atoms. The van der Waals surface area contributed by atoms with Crippen molar-refractivity contribution in [3.8, 4) is 0 Å². The molecule has 122 valence electrons. The molecule has 1 aliphatic heterocycles. The lowest BCUT2D eigenvalue weighted by Gasteiger charge is -2.32. The van der Waals surface area contributed by atoms with Gasteiger partial charge in [-0.3, -0.25) is 0 Å². The molecule has 1 aliphatic rings. The highest BCUT2D eigenvalue weighted by atomic mass is 79.9. The summed E-state index contributed by atoms with van der Waals surface area (Å²) in [6.07, 6.45) is 0. The molecule has 0 radical (unpaired) electrons. The fourth-order valence-corrected chi connectivity index (χ4v) is 3.19. The number of hydrogen-bond donors (Lipinski definition) is 0. The van der Waals surface area contributed by atoms with Crippen molar-refractivity contribution in [2.75, 3.05) is 0 Å². The first-order valence-electron chi connectivity index (χ1n) is 6.75. The van der Waals surface area contributed by atoms with Crippen molar-refractivity contribution in [1.82, 2.24) is 0 Å². The molecule has 2 nitrogen and oxygen atoms in total. The summed E-state index contributed by atoms with van der Waals surface area (Å²) in [5, 5.41) is 0.429. The van der Waals surface area contributed by atoms with Crippen LogP contribution in [0.1, 0.15) is 33.3 Å². The molecular weight excluding hydrogens is 380 g/mol. The van der Waals surface area contributed by atoms with Crippen LogP contribution in [0, 0.1) is 0 Å². The van der Waals surface area contributed by atoms with Gasteiger partial charge in [-0.25, -0.2) is 0 Å². The van der Waals surface area contributed by atoms with Crippen LogP contribution in [0.2, 0.25) is 0 Å². The molecule has 0 aliphatic carbocycles. The van der Waals surface area contributed by atoms with Gasteiger partial charge in [0.2, 0.25) is 0 Å². The summed E-state index contributed by atoms with van der Waals surface area (Å²) in [6, 6.07) is 4.62. The van der Waals surface area contributed by atoms with Crippen LogP contribution in [0.5, 0.6) is 0 Å². The van der Waals surface area contributed by atoms with E-state index in [-0.39, 0.29) is 16.7 Å². The zero-order valence-corrected chi connectivity index (χ0v) is 15.2. The maximum absolute atomic E-state index is 12.5. The van der Waals surface area contributed by atoms with Gasteiger partial charge in [-0.15, -0.1) is 0 Å². The van der Waals surface area contributed by atoms with E-state index in [0.29, 0.717) is 5.33 Å². The highest BCUT2D eigenvalue weighted by Gasteiger charge is 2.52. The second-order valence-electron chi connectivity index (χ2n) is 6.13. The number of hydrogen-bond acceptors (Lipinski definition) is 3. The van der Waals surface area contributed by atoms with Crippen molar-refractivity contribution >= 4 is 40.3 Å². The largest absolute Gasteiger partial charge is 0.495 e. The summed E-state index contributed by atoms with van der Waals surface area (Å²) in [6.45, 7) is 7.76. The van der Waals surface area contributed by atoms with Crippen molar-refractivity contribution in [3.63, 3.8) is 0 Å². The maximum atomic E-state index is 12.5. The van der Waals surface area contributed by atoms with Crippen LogP contribution in [-0.4, -0.2) is 23.8 Å². The van der Waals surface area contributed by atoms with Gasteiger partial charge in [-0.1, -0.05) is 22.0 Å². The monoisotopic (exact) mass is 396 g/mol. The Morgan fingerprint density at radius 1 is 1.14 bits per heavy atom. The second kappa shape index (κ2) is 6.04. The van der Waals surface area contributed by atoms with Crippen molar-refractivity contribution in [2.24, 2.45) is 0 Å². The summed E-state index contributed by atoms with van der Waals surface area (Å²) in [7, 11) is -0.581. The van der Waals surface area contributed by atoms with Gasteiger partial charge in [0.25, 0.3) is 0 Å². The predicted molar refractivity (Wildman–Crippen MR) is 86.7 cm³/mol. The fourth-order valence-electron chi connectivity index (χ4n) is 2.09. The number of halogens is 4. The fraction of sp³-hybridized carbons (Fsp3) is 0.571. The van der Waals surface area contributed by atoms with Gasteiger partial charge < -0.3 is 9.31 Å². The molecule has 0 saturated carbocycles. The van der Waals surface area contributed by atoms with Crippen LogP contribution in [0.15, 0.2) is 23.1 Å². The van der Waals surface area contributed by atoms with E-state index in [1.165, 1.54) is 12.1 Å². The average molecular weight is 397 g/mol. The number of rotatable bonds is 3. The number of thioether (sulfide) groups is 1. The second-order valence-corrected chi connectivity index (χ2v) is 7.83. The lowest BCUT2D eigenvalue weighted by atomic mass is 9.76. The van der Waals surface area contributed by atoms with Crippen LogP contribution in [0.4, 0.5) is 13.2 Å². The van der Waals surface area contributed by atoms with Crippen LogP contribution < -0.4 is 5.46 Å². The Hall–Kier alpha value is -0.175. The average Bonchev–Trinajstić information content (AvgIpc) is 2.56. The van der Waals surface area contributed by atoms with E-state index in [9.17, 15) is 13.2 Å². The molecule has 0 bridgehead atoms. The highest BCUT2D eigenvalue weighted by Crippen LogP contribution is 2.39. The van der Waals surface area contributed by atoms with E-state index in [1.54, 1.807) is 6.07 Å². The summed E-state index contributed by atoms with van der Waals surface area (Å²) in [5.74, 6) is 0. The van der Waals surface area contributed by atoms with E-state index < -0.39 is 23.8 Å². The predicted octanol–water partition coefficient (Wildman–Crippen LogP) is 4.49. The molecule has 0 amide bonds. The highest BCUT2D eigenvalue weighted by molar-refractivity contribution is 9.08. The van der Waals surface area contributed by atoms with Gasteiger partial charge in [0.1, 0.15) is 0 Å². The third-order valence-electron chi connectivity index (χ3n) is 4.00. The van der Waals surface area contributed by atoms with E-state index in [0.717, 1.165) is 11.0 Å². The molecule has 1 fully saturated rings. The van der Waals surface area contributed by atoms with Crippen molar-refractivity contribution in [1.29, 1.82) is 0 Å². The van der Waals surface area contributed by atoms with Gasteiger partial charge in [-0.05, 0) is 62.6 Å². The van der Waals surface area contributed by atoms with Crippen molar-refractivity contribution < 1.29 is 22.5 Å². The Balaban J connectivity index is 2.30. The minimum Gasteiger partial charge on any atom is -0.399 e. The first kappa shape index (κ1) is 18.2. The summed E-state index contributed by atoms with van der Waals surface area (Å²) in [4.78, 5) is 0.155. The molecule has 0 aromatic heterocycles. The molecule has 0 spiro atoms. The quantitative estimate of drug-likeness (QED) is 0.426. The van der Waals surface area contributed by atoms with Gasteiger partial charge in [-0.2, -0.15) is 13.2 Å². The van der Waals surface area contributed by atoms with Crippen LogP contribution in [0.25, 0.3) is 0 Å². The maximum Gasteiger partial charge on any atom is 0.495 e. The Kier molecular flexibility index (Phi) is 4.98. The number of alkyl halides is 4. The number of benzene rings is 1. The van der Waals surface area contributed by atoms with Crippen LogP contribution in [-0.2, 0) is 14.6 Å². The SMILES string of the molecule is CC1(C)OB(c2ccc(SC(F)(F)F)cc2CBr)OC1(C)C. The molecule has 0 unspecified atom stereocenters. The van der Waals surface area contributed by atoms with Crippen molar-refractivity contribution in [2.45, 2.75) is 54.6 Å². The van der Waals surface area contributed by atoms with Gasteiger partial charge in [0, 0.05) is 10.2 Å². The van der Waals surface area contributed by atoms with Gasteiger partial charge in [0.15, 0.2) is 0 Å². The van der Waals surface area contributed by atoms with Crippen LogP contribution in [0.3, 0.4) is 0 Å². The summed E-state index contributed by atoms with van der Waals surface area (Å²) >= 11 is 3.20. The van der Waals surface area contributed by atoms with E-state index in [2.05, 4.69) is 15.9 Å². The minimum atomic E-state index is -4.30. The summed E-state index contributed by atoms with van der Waals surface area (Å²) < 4.78 is 49.4. The summed E-state index contributed by atoms with van der Waals surface area (Å²) in [5.41, 5.74) is -3.79. The lowest BCUT2D eigenvalue weighted by molar-refractivity contribution is -0.0328. The topological polar surface area (TPSA) is 18.5 Å².